The first-order chi connectivity index (χ1) is 13.1. The predicted octanol–water partition coefficient (Wildman–Crippen LogP) is 4.11. The van der Waals surface area contributed by atoms with E-state index in [9.17, 15) is 9.59 Å². The van der Waals surface area contributed by atoms with Gasteiger partial charge in [0.25, 0.3) is 0 Å². The molecule has 1 N–H and O–H groups in total. The molecule has 1 fully saturated rings. The third-order valence-corrected chi connectivity index (χ3v) is 6.32. The Morgan fingerprint density at radius 1 is 1.22 bits per heavy atom. The lowest BCUT2D eigenvalue weighted by molar-refractivity contribution is -0.141. The van der Waals surface area contributed by atoms with Gasteiger partial charge in [-0.2, -0.15) is 0 Å². The van der Waals surface area contributed by atoms with Gasteiger partial charge in [0.05, 0.1) is 5.41 Å². The molecule has 2 aromatic rings. The van der Waals surface area contributed by atoms with Gasteiger partial charge in [-0.1, -0.05) is 37.3 Å². The van der Waals surface area contributed by atoms with Gasteiger partial charge in [0.15, 0.2) is 0 Å². The highest BCUT2D eigenvalue weighted by atomic mass is 32.1. The second kappa shape index (κ2) is 8.70. The topological polar surface area (TPSA) is 49.4 Å². The zero-order valence-electron chi connectivity index (χ0n) is 16.2. The molecule has 1 atom stereocenters. The molecule has 1 saturated heterocycles. The quantitative estimate of drug-likeness (QED) is 0.815. The van der Waals surface area contributed by atoms with Crippen LogP contribution in [0.4, 0.5) is 0 Å². The summed E-state index contributed by atoms with van der Waals surface area (Å²) < 4.78 is 0. The molecule has 1 aromatic heterocycles. The van der Waals surface area contributed by atoms with E-state index in [1.165, 1.54) is 10.4 Å². The minimum atomic E-state index is -0.541. The van der Waals surface area contributed by atoms with Crippen LogP contribution >= 0.6 is 11.3 Å². The van der Waals surface area contributed by atoms with Crippen LogP contribution in [0.15, 0.2) is 41.8 Å². The molecule has 0 bridgehead atoms. The zero-order valence-corrected chi connectivity index (χ0v) is 17.0. The molecule has 0 unspecified atom stereocenters. The Hall–Kier alpha value is -2.14. The SMILES string of the molecule is CCCC(=O)N1CCC[C@](Cc2ccc(-c3cccs3)cc2)(C(=O)NC)C1. The minimum Gasteiger partial charge on any atom is -0.359 e. The van der Waals surface area contributed by atoms with Crippen LogP contribution in [-0.4, -0.2) is 36.9 Å². The number of piperidine rings is 1. The number of carbonyl (C=O) groups is 2. The third-order valence-electron chi connectivity index (χ3n) is 5.40. The monoisotopic (exact) mass is 384 g/mol. The van der Waals surface area contributed by atoms with Gasteiger partial charge in [-0.3, -0.25) is 9.59 Å². The van der Waals surface area contributed by atoms with Crippen LogP contribution in [0.1, 0.15) is 38.2 Å². The van der Waals surface area contributed by atoms with E-state index in [0.717, 1.165) is 31.4 Å². The van der Waals surface area contributed by atoms with Crippen molar-refractivity contribution < 1.29 is 9.59 Å². The molecule has 3 rings (SSSR count). The fraction of sp³-hybridized carbons (Fsp3) is 0.455. The molecule has 1 aliphatic rings. The van der Waals surface area contributed by atoms with Crippen LogP contribution < -0.4 is 5.32 Å². The number of carbonyl (C=O) groups excluding carboxylic acids is 2. The minimum absolute atomic E-state index is 0.0406. The van der Waals surface area contributed by atoms with E-state index in [4.69, 9.17) is 0 Å². The molecule has 144 valence electrons. The van der Waals surface area contributed by atoms with Gasteiger partial charge < -0.3 is 10.2 Å². The molecule has 4 nitrogen and oxygen atoms in total. The Morgan fingerprint density at radius 2 is 2.00 bits per heavy atom. The normalized spacial score (nSPS) is 19.7. The van der Waals surface area contributed by atoms with Crippen LogP contribution in [0, 0.1) is 5.41 Å². The van der Waals surface area contributed by atoms with Crippen molar-refractivity contribution in [2.45, 2.75) is 39.0 Å². The summed E-state index contributed by atoms with van der Waals surface area (Å²) >= 11 is 1.73. The third kappa shape index (κ3) is 4.41. The fourth-order valence-corrected chi connectivity index (χ4v) is 4.75. The van der Waals surface area contributed by atoms with Crippen LogP contribution in [0.5, 0.6) is 0 Å². The van der Waals surface area contributed by atoms with E-state index in [1.807, 2.05) is 11.8 Å². The molecule has 2 heterocycles. The van der Waals surface area contributed by atoms with E-state index in [-0.39, 0.29) is 11.8 Å². The van der Waals surface area contributed by atoms with Crippen LogP contribution in [0.3, 0.4) is 0 Å². The molecule has 27 heavy (non-hydrogen) atoms. The first-order valence-electron chi connectivity index (χ1n) is 9.71. The zero-order chi connectivity index (χ0) is 19.3. The van der Waals surface area contributed by atoms with Crippen LogP contribution in [-0.2, 0) is 16.0 Å². The van der Waals surface area contributed by atoms with Gasteiger partial charge in [-0.25, -0.2) is 0 Å². The molecule has 1 aromatic carbocycles. The summed E-state index contributed by atoms with van der Waals surface area (Å²) in [6.45, 7) is 3.29. The van der Waals surface area contributed by atoms with Crippen molar-refractivity contribution >= 4 is 23.2 Å². The lowest BCUT2D eigenvalue weighted by Crippen LogP contribution is -2.53. The number of nitrogens with one attached hydrogen (secondary N) is 1. The summed E-state index contributed by atoms with van der Waals surface area (Å²) in [7, 11) is 1.69. The number of benzene rings is 1. The molecule has 0 saturated carbocycles. The summed E-state index contributed by atoms with van der Waals surface area (Å²) in [6.07, 6.45) is 3.74. The molecule has 0 aliphatic carbocycles. The van der Waals surface area contributed by atoms with Crippen molar-refractivity contribution in [2.24, 2.45) is 5.41 Å². The average molecular weight is 385 g/mol. The number of nitrogens with zero attached hydrogens (tertiary/aromatic N) is 1. The molecule has 1 aliphatic heterocycles. The predicted molar refractivity (Wildman–Crippen MR) is 111 cm³/mol. The van der Waals surface area contributed by atoms with Crippen molar-refractivity contribution in [1.29, 1.82) is 0 Å². The number of hydrogen-bond acceptors (Lipinski definition) is 3. The summed E-state index contributed by atoms with van der Waals surface area (Å²) in [5, 5.41) is 4.92. The lowest BCUT2D eigenvalue weighted by atomic mass is 9.74. The van der Waals surface area contributed by atoms with Crippen molar-refractivity contribution in [2.75, 3.05) is 20.1 Å². The van der Waals surface area contributed by atoms with Gasteiger partial charge in [-0.05, 0) is 48.3 Å². The molecule has 5 heteroatoms. The average Bonchev–Trinajstić information content (AvgIpc) is 3.23. The van der Waals surface area contributed by atoms with Crippen molar-refractivity contribution in [1.82, 2.24) is 10.2 Å². The lowest BCUT2D eigenvalue weighted by Gasteiger charge is -2.41. The molecule has 0 radical (unpaired) electrons. The Labute approximate surface area is 165 Å². The summed E-state index contributed by atoms with van der Waals surface area (Å²) in [5.41, 5.74) is 1.80. The number of rotatable bonds is 6. The van der Waals surface area contributed by atoms with Crippen LogP contribution in [0.25, 0.3) is 10.4 Å². The summed E-state index contributed by atoms with van der Waals surface area (Å²) in [5.74, 6) is 0.206. The van der Waals surface area contributed by atoms with Crippen molar-refractivity contribution in [3.63, 3.8) is 0 Å². The van der Waals surface area contributed by atoms with Gasteiger partial charge in [0.1, 0.15) is 0 Å². The van der Waals surface area contributed by atoms with Gasteiger partial charge in [0.2, 0.25) is 11.8 Å². The smallest absolute Gasteiger partial charge is 0.228 e. The first-order valence-corrected chi connectivity index (χ1v) is 10.6. The maximum atomic E-state index is 12.8. The van der Waals surface area contributed by atoms with E-state index < -0.39 is 5.41 Å². The summed E-state index contributed by atoms with van der Waals surface area (Å²) in [6, 6.07) is 12.7. The van der Waals surface area contributed by atoms with E-state index >= 15 is 0 Å². The maximum absolute atomic E-state index is 12.8. The standard InChI is InChI=1S/C22H28N2O2S/c1-3-6-20(25)24-13-5-12-22(16-24,21(26)23-2)15-17-8-10-18(11-9-17)19-7-4-14-27-19/h4,7-11,14H,3,5-6,12-13,15-16H2,1-2H3,(H,23,26)/t22-/m1/s1. The van der Waals surface area contributed by atoms with Crippen molar-refractivity contribution in [3.05, 3.63) is 47.3 Å². The van der Waals surface area contributed by atoms with E-state index in [1.54, 1.807) is 18.4 Å². The first kappa shape index (κ1) is 19.6. The Morgan fingerprint density at radius 3 is 2.63 bits per heavy atom. The highest BCUT2D eigenvalue weighted by Crippen LogP contribution is 2.35. The molecular formula is C22H28N2O2S. The largest absolute Gasteiger partial charge is 0.359 e. The molecule has 0 spiro atoms. The van der Waals surface area contributed by atoms with Crippen molar-refractivity contribution in [3.8, 4) is 10.4 Å². The number of amides is 2. The van der Waals surface area contributed by atoms with Crippen LogP contribution in [0.2, 0.25) is 0 Å². The Kier molecular flexibility index (Phi) is 6.32. The Bertz CT molecular complexity index is 770. The fourth-order valence-electron chi connectivity index (χ4n) is 4.01. The second-order valence-electron chi connectivity index (χ2n) is 7.38. The highest BCUT2D eigenvalue weighted by molar-refractivity contribution is 7.13. The molecule has 2 amide bonds. The highest BCUT2D eigenvalue weighted by Gasteiger charge is 2.42. The molecular weight excluding hydrogens is 356 g/mol. The van der Waals surface area contributed by atoms with E-state index in [0.29, 0.717) is 19.4 Å². The van der Waals surface area contributed by atoms with Gasteiger partial charge in [-0.15, -0.1) is 11.3 Å². The second-order valence-corrected chi connectivity index (χ2v) is 8.33. The Balaban J connectivity index is 1.80. The maximum Gasteiger partial charge on any atom is 0.228 e. The summed E-state index contributed by atoms with van der Waals surface area (Å²) in [4.78, 5) is 28.4. The van der Waals surface area contributed by atoms with E-state index in [2.05, 4.69) is 47.1 Å². The van der Waals surface area contributed by atoms with Gasteiger partial charge >= 0.3 is 0 Å². The number of thiophene rings is 1. The number of likely N-dealkylation sites (tertiary alicyclic amines) is 1. The number of hydrogen-bond donors (Lipinski definition) is 1. The van der Waals surface area contributed by atoms with Gasteiger partial charge in [0, 0.05) is 31.4 Å².